The molecule has 2 aromatic carbocycles. The molecule has 0 saturated heterocycles. The molecule has 0 aliphatic heterocycles. The van der Waals surface area contributed by atoms with Crippen molar-refractivity contribution in [3.05, 3.63) is 66.0 Å². The third-order valence-corrected chi connectivity index (χ3v) is 4.12. The first-order chi connectivity index (χ1) is 11.3. The molecule has 0 radical (unpaired) electrons. The van der Waals surface area contributed by atoms with E-state index in [1.54, 1.807) is 6.33 Å². The molecule has 1 N–H and O–H groups in total. The number of para-hydroxylation sites is 2. The first kappa shape index (κ1) is 13.7. The Kier molecular flexibility index (Phi) is 3.38. The molecular weight excluding hydrogens is 288 g/mol. The predicted molar refractivity (Wildman–Crippen MR) is 89.2 cm³/mol. The lowest BCUT2D eigenvalue weighted by Gasteiger charge is -2.04. The molecule has 1 heterocycles. The zero-order valence-corrected chi connectivity index (χ0v) is 12.6. The number of nitrogens with one attached hydrogen (secondary N) is 1. The standard InChI is InChI=1S/C18H16N4O/c23-18(11-22-12-19-16-7-3-4-8-17(16)22)21-20-15-10-9-13-5-1-2-6-14(13)15/h1-8,12H,9-11H2,(H,21,23). The van der Waals surface area contributed by atoms with Crippen molar-refractivity contribution < 1.29 is 4.79 Å². The zero-order chi connectivity index (χ0) is 15.6. The number of hydrogen-bond acceptors (Lipinski definition) is 3. The number of nitrogens with zero attached hydrogens (tertiary/aromatic N) is 3. The van der Waals surface area contributed by atoms with Crippen molar-refractivity contribution in [1.82, 2.24) is 15.0 Å². The van der Waals surface area contributed by atoms with Gasteiger partial charge in [0.25, 0.3) is 5.91 Å². The second-order valence-corrected chi connectivity index (χ2v) is 5.61. The number of amides is 1. The minimum absolute atomic E-state index is 0.148. The highest BCUT2D eigenvalue weighted by molar-refractivity contribution is 6.04. The maximum atomic E-state index is 12.2. The topological polar surface area (TPSA) is 59.3 Å². The molecule has 3 aromatic rings. The van der Waals surface area contributed by atoms with Crippen molar-refractivity contribution in [2.45, 2.75) is 19.4 Å². The molecule has 114 valence electrons. The lowest BCUT2D eigenvalue weighted by Crippen LogP contribution is -2.24. The minimum atomic E-state index is -0.148. The van der Waals surface area contributed by atoms with Crippen molar-refractivity contribution in [3.63, 3.8) is 0 Å². The van der Waals surface area contributed by atoms with Gasteiger partial charge in [-0.3, -0.25) is 4.79 Å². The number of carbonyl (C=O) groups is 1. The van der Waals surface area contributed by atoms with Crippen LogP contribution in [0, 0.1) is 0 Å². The van der Waals surface area contributed by atoms with Crippen LogP contribution in [0.25, 0.3) is 11.0 Å². The van der Waals surface area contributed by atoms with E-state index in [2.05, 4.69) is 27.6 Å². The summed E-state index contributed by atoms with van der Waals surface area (Å²) in [6.07, 6.45) is 3.53. The second-order valence-electron chi connectivity index (χ2n) is 5.61. The van der Waals surface area contributed by atoms with Gasteiger partial charge in [-0.2, -0.15) is 5.10 Å². The maximum Gasteiger partial charge on any atom is 0.260 e. The van der Waals surface area contributed by atoms with Gasteiger partial charge in [-0.1, -0.05) is 36.4 Å². The Morgan fingerprint density at radius 1 is 1.13 bits per heavy atom. The van der Waals surface area contributed by atoms with Gasteiger partial charge in [0, 0.05) is 5.56 Å². The van der Waals surface area contributed by atoms with Crippen molar-refractivity contribution >= 4 is 22.7 Å². The fourth-order valence-electron chi connectivity index (χ4n) is 2.98. The number of fused-ring (bicyclic) bond motifs is 2. The quantitative estimate of drug-likeness (QED) is 0.756. The Morgan fingerprint density at radius 2 is 1.96 bits per heavy atom. The van der Waals surface area contributed by atoms with E-state index in [1.165, 1.54) is 5.56 Å². The molecule has 1 aromatic heterocycles. The number of imidazole rings is 1. The smallest absolute Gasteiger partial charge is 0.260 e. The summed E-state index contributed by atoms with van der Waals surface area (Å²) in [5, 5.41) is 4.31. The van der Waals surface area contributed by atoms with Crippen LogP contribution in [0.2, 0.25) is 0 Å². The molecule has 1 amide bonds. The Bertz CT molecular complexity index is 910. The zero-order valence-electron chi connectivity index (χ0n) is 12.6. The van der Waals surface area contributed by atoms with Crippen LogP contribution in [-0.4, -0.2) is 21.2 Å². The highest BCUT2D eigenvalue weighted by Crippen LogP contribution is 2.21. The number of benzene rings is 2. The van der Waals surface area contributed by atoms with Crippen LogP contribution in [0.3, 0.4) is 0 Å². The summed E-state index contributed by atoms with van der Waals surface area (Å²) >= 11 is 0. The molecule has 0 saturated carbocycles. The lowest BCUT2D eigenvalue weighted by atomic mass is 10.1. The van der Waals surface area contributed by atoms with E-state index in [4.69, 9.17) is 0 Å². The Labute approximate surface area is 133 Å². The molecule has 4 rings (SSSR count). The van der Waals surface area contributed by atoms with Crippen LogP contribution in [0.4, 0.5) is 0 Å². The summed E-state index contributed by atoms with van der Waals surface area (Å²) in [7, 11) is 0. The Morgan fingerprint density at radius 3 is 2.91 bits per heavy atom. The summed E-state index contributed by atoms with van der Waals surface area (Å²) in [4.78, 5) is 16.4. The van der Waals surface area contributed by atoms with Gasteiger partial charge in [-0.25, -0.2) is 10.4 Å². The first-order valence-corrected chi connectivity index (χ1v) is 7.65. The number of rotatable bonds is 3. The summed E-state index contributed by atoms with van der Waals surface area (Å²) in [5.41, 5.74) is 7.88. The molecule has 5 nitrogen and oxygen atoms in total. The molecule has 1 aliphatic carbocycles. The first-order valence-electron chi connectivity index (χ1n) is 7.65. The Hall–Kier alpha value is -2.95. The van der Waals surface area contributed by atoms with E-state index in [-0.39, 0.29) is 12.5 Å². The minimum Gasteiger partial charge on any atom is -0.321 e. The van der Waals surface area contributed by atoms with Crippen LogP contribution in [0.15, 0.2) is 60.0 Å². The van der Waals surface area contributed by atoms with E-state index in [1.807, 2.05) is 41.0 Å². The average molecular weight is 304 g/mol. The normalized spacial score (nSPS) is 15.0. The Balaban J connectivity index is 1.48. The second kappa shape index (κ2) is 5.68. The van der Waals surface area contributed by atoms with E-state index < -0.39 is 0 Å². The molecule has 23 heavy (non-hydrogen) atoms. The van der Waals surface area contributed by atoms with E-state index in [0.29, 0.717) is 0 Å². The van der Waals surface area contributed by atoms with Crippen LogP contribution in [0.1, 0.15) is 17.5 Å². The number of hydrogen-bond donors (Lipinski definition) is 1. The van der Waals surface area contributed by atoms with Gasteiger partial charge in [0.1, 0.15) is 6.54 Å². The van der Waals surface area contributed by atoms with Gasteiger partial charge < -0.3 is 4.57 Å². The molecule has 5 heteroatoms. The summed E-state index contributed by atoms with van der Waals surface area (Å²) < 4.78 is 1.83. The van der Waals surface area contributed by atoms with Gasteiger partial charge in [0.15, 0.2) is 0 Å². The number of carbonyl (C=O) groups excluding carboxylic acids is 1. The monoisotopic (exact) mass is 304 g/mol. The van der Waals surface area contributed by atoms with E-state index in [9.17, 15) is 4.79 Å². The predicted octanol–water partition coefficient (Wildman–Crippen LogP) is 2.50. The summed E-state index contributed by atoms with van der Waals surface area (Å²) in [6.45, 7) is 0.207. The fourth-order valence-corrected chi connectivity index (χ4v) is 2.98. The molecule has 0 atom stereocenters. The molecular formula is C18H16N4O. The average Bonchev–Trinajstić information content (AvgIpc) is 3.18. The van der Waals surface area contributed by atoms with Crippen molar-refractivity contribution in [2.24, 2.45) is 5.10 Å². The van der Waals surface area contributed by atoms with Gasteiger partial charge >= 0.3 is 0 Å². The van der Waals surface area contributed by atoms with Gasteiger partial charge in [-0.05, 0) is 30.5 Å². The van der Waals surface area contributed by atoms with Crippen LogP contribution in [0.5, 0.6) is 0 Å². The molecule has 0 fully saturated rings. The van der Waals surface area contributed by atoms with Crippen LogP contribution in [-0.2, 0) is 17.8 Å². The highest BCUT2D eigenvalue weighted by Gasteiger charge is 2.17. The largest absolute Gasteiger partial charge is 0.321 e. The lowest BCUT2D eigenvalue weighted by molar-refractivity contribution is -0.121. The van der Waals surface area contributed by atoms with Gasteiger partial charge in [-0.15, -0.1) is 0 Å². The van der Waals surface area contributed by atoms with Gasteiger partial charge in [0.05, 0.1) is 23.1 Å². The fraction of sp³-hybridized carbons (Fsp3) is 0.167. The van der Waals surface area contributed by atoms with E-state index in [0.717, 1.165) is 35.2 Å². The van der Waals surface area contributed by atoms with Crippen molar-refractivity contribution in [1.29, 1.82) is 0 Å². The SMILES string of the molecule is O=C(Cn1cnc2ccccc21)NN=C1CCc2ccccc21. The molecule has 0 unspecified atom stereocenters. The van der Waals surface area contributed by atoms with Crippen LogP contribution >= 0.6 is 0 Å². The van der Waals surface area contributed by atoms with E-state index >= 15 is 0 Å². The van der Waals surface area contributed by atoms with Crippen LogP contribution < -0.4 is 5.43 Å². The van der Waals surface area contributed by atoms with Gasteiger partial charge in [0.2, 0.25) is 0 Å². The molecule has 1 aliphatic rings. The maximum absolute atomic E-state index is 12.2. The number of aryl methyl sites for hydroxylation is 1. The summed E-state index contributed by atoms with van der Waals surface area (Å²) in [6, 6.07) is 15.9. The summed E-state index contributed by atoms with van der Waals surface area (Å²) in [5.74, 6) is -0.148. The van der Waals surface area contributed by atoms with Crippen molar-refractivity contribution in [2.75, 3.05) is 0 Å². The highest BCUT2D eigenvalue weighted by atomic mass is 16.2. The van der Waals surface area contributed by atoms with Crippen molar-refractivity contribution in [3.8, 4) is 0 Å². The molecule has 0 bridgehead atoms. The third-order valence-electron chi connectivity index (χ3n) is 4.12. The number of aromatic nitrogens is 2. The molecule has 0 spiro atoms. The third kappa shape index (κ3) is 2.61. The number of hydrazone groups is 1.